The fourth-order valence-corrected chi connectivity index (χ4v) is 8.09. The molecule has 6 nitrogen and oxygen atoms in total. The fourth-order valence-electron chi connectivity index (χ4n) is 8.09. The number of rotatable bonds is 10. The van der Waals surface area contributed by atoms with E-state index in [9.17, 15) is 14.3 Å². The average Bonchev–Trinajstić information content (AvgIpc) is 3.61. The Hall–Kier alpha value is -2.64. The average molecular weight is 561 g/mol. The van der Waals surface area contributed by atoms with Crippen LogP contribution in [0.1, 0.15) is 74.8 Å². The maximum Gasteiger partial charge on any atom is 0.321 e. The number of benzene rings is 2. The van der Waals surface area contributed by atoms with Crippen molar-refractivity contribution >= 4 is 5.97 Å². The van der Waals surface area contributed by atoms with Crippen LogP contribution in [0.15, 0.2) is 52.4 Å². The molecule has 0 unspecified atom stereocenters. The molecule has 1 saturated carbocycles. The Morgan fingerprint density at radius 3 is 2.56 bits per heavy atom. The molecule has 0 amide bonds. The highest BCUT2D eigenvalue weighted by atomic mass is 19.1. The second kappa shape index (κ2) is 13.1. The number of fused-ring (bicyclic) bond motifs is 1. The van der Waals surface area contributed by atoms with Crippen LogP contribution < -0.4 is 10.7 Å². The van der Waals surface area contributed by atoms with E-state index in [1.807, 2.05) is 6.07 Å². The van der Waals surface area contributed by atoms with Gasteiger partial charge in [-0.3, -0.25) is 19.7 Å². The van der Waals surface area contributed by atoms with E-state index in [0.717, 1.165) is 80.5 Å². The van der Waals surface area contributed by atoms with Gasteiger partial charge in [-0.05, 0) is 105 Å². The Labute approximate surface area is 243 Å². The smallest absolute Gasteiger partial charge is 0.321 e. The summed E-state index contributed by atoms with van der Waals surface area (Å²) in [6.07, 6.45) is 11.5. The molecule has 3 fully saturated rings. The molecule has 2 saturated heterocycles. The normalized spacial score (nSPS) is 25.0. The van der Waals surface area contributed by atoms with Crippen molar-refractivity contribution in [3.8, 4) is 0 Å². The van der Waals surface area contributed by atoms with E-state index < -0.39 is 12.0 Å². The van der Waals surface area contributed by atoms with Gasteiger partial charge in [-0.1, -0.05) is 43.9 Å². The van der Waals surface area contributed by atoms with Crippen molar-refractivity contribution in [2.24, 2.45) is 27.7 Å². The molecular weight excluding hydrogens is 515 g/mol. The lowest BCUT2D eigenvalue weighted by Gasteiger charge is -2.35. The highest BCUT2D eigenvalue weighted by Gasteiger charge is 2.43. The van der Waals surface area contributed by atoms with Crippen molar-refractivity contribution < 1.29 is 14.3 Å². The van der Waals surface area contributed by atoms with Gasteiger partial charge >= 0.3 is 5.97 Å². The molecule has 0 radical (unpaired) electrons. The summed E-state index contributed by atoms with van der Waals surface area (Å²) in [7, 11) is 0. The summed E-state index contributed by atoms with van der Waals surface area (Å²) < 4.78 is 14.3. The van der Waals surface area contributed by atoms with Gasteiger partial charge in [-0.2, -0.15) is 0 Å². The fraction of sp³-hybridized carbons (Fsp3) is 0.618. The van der Waals surface area contributed by atoms with Crippen LogP contribution in [0.4, 0.5) is 4.39 Å². The van der Waals surface area contributed by atoms with E-state index in [1.165, 1.54) is 43.7 Å². The first-order valence-corrected chi connectivity index (χ1v) is 16.0. The van der Waals surface area contributed by atoms with E-state index in [4.69, 9.17) is 0 Å². The molecule has 7 heteroatoms. The molecule has 2 aromatic carbocycles. The molecule has 3 heterocycles. The number of carboxylic acids is 1. The van der Waals surface area contributed by atoms with Crippen molar-refractivity contribution in [3.63, 3.8) is 0 Å². The van der Waals surface area contributed by atoms with Gasteiger partial charge in [0.1, 0.15) is 18.5 Å². The lowest BCUT2D eigenvalue weighted by Crippen LogP contribution is -2.46. The molecular formula is C34H45FN4O2. The molecule has 3 atom stereocenters. The molecule has 3 aliphatic heterocycles. The number of hydrogen-bond donors (Lipinski definition) is 1. The SMILES string of the molecule is O=C(O)[C@@H](C1CCCCC1)N1C[C@H](CN2CCC(CCCc3ccc4c(c3)=NCN=4)CC2)[C@@H](c2cccc(F)c2)C1. The molecule has 2 aromatic rings. The lowest BCUT2D eigenvalue weighted by molar-refractivity contribution is -0.145. The van der Waals surface area contributed by atoms with E-state index in [1.54, 1.807) is 12.1 Å². The van der Waals surface area contributed by atoms with Crippen LogP contribution in [0.5, 0.6) is 0 Å². The molecule has 4 aliphatic rings. The quantitative estimate of drug-likeness (QED) is 0.453. The van der Waals surface area contributed by atoms with E-state index >= 15 is 0 Å². The van der Waals surface area contributed by atoms with Gasteiger partial charge in [0, 0.05) is 25.6 Å². The summed E-state index contributed by atoms with van der Waals surface area (Å²) in [5.41, 5.74) is 2.39. The van der Waals surface area contributed by atoms with E-state index in [0.29, 0.717) is 19.1 Å². The minimum atomic E-state index is -0.680. The maximum absolute atomic E-state index is 14.3. The third-order valence-electron chi connectivity index (χ3n) is 10.3. The molecule has 0 spiro atoms. The number of piperidine rings is 1. The first-order valence-electron chi connectivity index (χ1n) is 16.0. The summed E-state index contributed by atoms with van der Waals surface area (Å²) in [5.74, 6) is 0.594. The van der Waals surface area contributed by atoms with Crippen molar-refractivity contribution in [1.29, 1.82) is 0 Å². The summed E-state index contributed by atoms with van der Waals surface area (Å²) >= 11 is 0. The molecule has 0 bridgehead atoms. The second-order valence-electron chi connectivity index (χ2n) is 13.0. The van der Waals surface area contributed by atoms with Crippen LogP contribution in [0.25, 0.3) is 0 Å². The molecule has 0 aromatic heterocycles. The zero-order chi connectivity index (χ0) is 28.2. The summed E-state index contributed by atoms with van der Waals surface area (Å²) in [5, 5.41) is 12.4. The molecule has 41 heavy (non-hydrogen) atoms. The number of aryl methyl sites for hydroxylation is 1. The van der Waals surface area contributed by atoms with Gasteiger partial charge in [0.2, 0.25) is 0 Å². The third-order valence-corrected chi connectivity index (χ3v) is 10.3. The second-order valence-corrected chi connectivity index (χ2v) is 13.0. The van der Waals surface area contributed by atoms with E-state index in [-0.39, 0.29) is 17.7 Å². The van der Waals surface area contributed by atoms with Gasteiger partial charge in [-0.25, -0.2) is 4.39 Å². The number of hydrogen-bond acceptors (Lipinski definition) is 5. The number of carbonyl (C=O) groups is 1. The summed E-state index contributed by atoms with van der Waals surface area (Å²) in [6.45, 7) is 5.23. The third kappa shape index (κ3) is 6.89. The largest absolute Gasteiger partial charge is 0.480 e. The Morgan fingerprint density at radius 1 is 0.976 bits per heavy atom. The Bertz CT molecular complexity index is 1320. The predicted molar refractivity (Wildman–Crippen MR) is 158 cm³/mol. The van der Waals surface area contributed by atoms with Crippen molar-refractivity contribution in [3.05, 3.63) is 70.1 Å². The monoisotopic (exact) mass is 560 g/mol. The highest BCUT2D eigenvalue weighted by molar-refractivity contribution is 5.74. The minimum absolute atomic E-state index is 0.167. The zero-order valence-corrected chi connectivity index (χ0v) is 24.3. The Balaban J connectivity index is 1.05. The summed E-state index contributed by atoms with van der Waals surface area (Å²) in [4.78, 5) is 26.2. The number of aliphatic carboxylic acids is 1. The number of nitrogens with zero attached hydrogens (tertiary/aromatic N) is 4. The van der Waals surface area contributed by atoms with Crippen LogP contribution in [-0.4, -0.2) is 66.3 Å². The van der Waals surface area contributed by atoms with Crippen molar-refractivity contribution in [2.45, 2.75) is 76.2 Å². The number of likely N-dealkylation sites (tertiary alicyclic amines) is 2. The molecule has 220 valence electrons. The first kappa shape index (κ1) is 28.5. The van der Waals surface area contributed by atoms with Gasteiger partial charge in [-0.15, -0.1) is 0 Å². The zero-order valence-electron chi connectivity index (χ0n) is 24.3. The van der Waals surface area contributed by atoms with Crippen molar-refractivity contribution in [1.82, 2.24) is 9.80 Å². The topological polar surface area (TPSA) is 68.5 Å². The van der Waals surface area contributed by atoms with Gasteiger partial charge in [0.05, 0.1) is 10.7 Å². The van der Waals surface area contributed by atoms with Crippen LogP contribution >= 0.6 is 0 Å². The minimum Gasteiger partial charge on any atom is -0.480 e. The van der Waals surface area contributed by atoms with E-state index in [2.05, 4.69) is 38.0 Å². The van der Waals surface area contributed by atoms with Gasteiger partial charge < -0.3 is 10.0 Å². The van der Waals surface area contributed by atoms with Crippen LogP contribution in [0.2, 0.25) is 0 Å². The summed E-state index contributed by atoms with van der Waals surface area (Å²) in [6, 6.07) is 13.1. The molecule has 1 aliphatic carbocycles. The Morgan fingerprint density at radius 2 is 1.78 bits per heavy atom. The van der Waals surface area contributed by atoms with Crippen molar-refractivity contribution in [2.75, 3.05) is 39.4 Å². The van der Waals surface area contributed by atoms with Crippen LogP contribution in [-0.2, 0) is 11.2 Å². The van der Waals surface area contributed by atoms with Gasteiger partial charge in [0.15, 0.2) is 0 Å². The van der Waals surface area contributed by atoms with Crippen LogP contribution in [0, 0.1) is 23.6 Å². The highest BCUT2D eigenvalue weighted by Crippen LogP contribution is 2.39. The van der Waals surface area contributed by atoms with Gasteiger partial charge in [0.25, 0.3) is 0 Å². The molecule has 6 rings (SSSR count). The standard InChI is InChI=1S/C34H45FN4O2/c35-29-11-5-10-27(19-29)30-22-39(33(34(40)41)26-8-2-1-3-9-26)21-28(30)20-38-16-14-24(15-17-38)6-4-7-25-12-13-31-32(18-25)37-23-36-31/h5,10-13,18-19,24,26,28,30,33H,1-4,6-9,14-17,20-23H2,(H,40,41)/t28-,30+,33+/m0/s1. The first-order chi connectivity index (χ1) is 20.0. The number of halogens is 1. The lowest BCUT2D eigenvalue weighted by atomic mass is 9.83. The Kier molecular flexibility index (Phi) is 9.11. The van der Waals surface area contributed by atoms with Crippen LogP contribution in [0.3, 0.4) is 0 Å². The maximum atomic E-state index is 14.3. The number of carboxylic acid groups (broad SMARTS) is 1. The predicted octanol–water partition coefficient (Wildman–Crippen LogP) is 4.82. The molecule has 1 N–H and O–H groups in total.